The van der Waals surface area contributed by atoms with Crippen molar-refractivity contribution in [2.24, 2.45) is 11.7 Å². The molecule has 0 spiro atoms. The number of hydrogen-bond acceptors (Lipinski definition) is 3. The number of methoxy groups -OCH3 is 1. The Bertz CT molecular complexity index is 465. The Morgan fingerprint density at radius 3 is 2.63 bits per heavy atom. The molecule has 1 aromatic carbocycles. The summed E-state index contributed by atoms with van der Waals surface area (Å²) < 4.78 is 5.33. The zero-order valence-corrected chi connectivity index (χ0v) is 11.8. The van der Waals surface area contributed by atoms with Gasteiger partial charge in [0.1, 0.15) is 5.75 Å². The molecule has 3 N–H and O–H groups in total. The van der Waals surface area contributed by atoms with Crippen molar-refractivity contribution in [2.75, 3.05) is 12.4 Å². The third kappa shape index (κ3) is 3.07. The van der Waals surface area contributed by atoms with Gasteiger partial charge < -0.3 is 15.8 Å². The zero-order valence-electron chi connectivity index (χ0n) is 11.8. The van der Waals surface area contributed by atoms with Gasteiger partial charge in [-0.3, -0.25) is 4.79 Å². The lowest BCUT2D eigenvalue weighted by Crippen LogP contribution is -2.42. The summed E-state index contributed by atoms with van der Waals surface area (Å²) in [6.07, 6.45) is 1.58. The third-order valence-electron chi connectivity index (χ3n) is 3.66. The predicted octanol–water partition coefficient (Wildman–Crippen LogP) is 2.49. The summed E-state index contributed by atoms with van der Waals surface area (Å²) in [6.45, 7) is 4.21. The zero-order chi connectivity index (χ0) is 14.0. The molecule has 1 aliphatic carbocycles. The number of hydrogen-bond donors (Lipinski definition) is 2. The Morgan fingerprint density at radius 1 is 1.42 bits per heavy atom. The van der Waals surface area contributed by atoms with Crippen LogP contribution in [0.1, 0.15) is 38.2 Å². The minimum atomic E-state index is 0.0691. The molecular formula is C15H22N2O2. The normalized spacial score (nSPS) is 21.9. The fraction of sp³-hybridized carbons (Fsp3) is 0.533. The lowest BCUT2D eigenvalue weighted by molar-refractivity contribution is -0.122. The molecule has 0 radical (unpaired) electrons. The lowest BCUT2D eigenvalue weighted by atomic mass is 9.80. The summed E-state index contributed by atoms with van der Waals surface area (Å²) in [4.78, 5) is 12.0. The first kappa shape index (κ1) is 13.9. The van der Waals surface area contributed by atoms with E-state index in [0.717, 1.165) is 29.8 Å². The van der Waals surface area contributed by atoms with Crippen molar-refractivity contribution in [2.45, 2.75) is 38.6 Å². The molecule has 104 valence electrons. The largest absolute Gasteiger partial charge is 0.496 e. The molecule has 4 nitrogen and oxygen atoms in total. The van der Waals surface area contributed by atoms with Gasteiger partial charge in [0.25, 0.3) is 0 Å². The van der Waals surface area contributed by atoms with E-state index in [1.807, 2.05) is 18.2 Å². The number of ether oxygens (including phenoxy) is 1. The van der Waals surface area contributed by atoms with Gasteiger partial charge in [-0.25, -0.2) is 0 Å². The summed E-state index contributed by atoms with van der Waals surface area (Å²) in [5.74, 6) is 1.35. The first-order valence-electron chi connectivity index (χ1n) is 6.75. The second-order valence-electron chi connectivity index (χ2n) is 5.53. The molecule has 1 aromatic rings. The summed E-state index contributed by atoms with van der Waals surface area (Å²) in [5.41, 5.74) is 7.64. The van der Waals surface area contributed by atoms with Crippen LogP contribution in [0.2, 0.25) is 0 Å². The van der Waals surface area contributed by atoms with Crippen molar-refractivity contribution in [1.29, 1.82) is 0 Å². The second kappa shape index (κ2) is 5.61. The van der Waals surface area contributed by atoms with Gasteiger partial charge >= 0.3 is 0 Å². The van der Waals surface area contributed by atoms with Crippen LogP contribution in [0.4, 0.5) is 5.69 Å². The highest BCUT2D eigenvalue weighted by atomic mass is 16.5. The van der Waals surface area contributed by atoms with Crippen LogP contribution in [0, 0.1) is 5.92 Å². The molecule has 0 aromatic heterocycles. The Kier molecular flexibility index (Phi) is 4.10. The average Bonchev–Trinajstić information content (AvgIpc) is 2.34. The highest BCUT2D eigenvalue weighted by Gasteiger charge is 2.31. The molecule has 4 heteroatoms. The SMILES string of the molecule is COc1ccc(NC(=O)C2CC(N)C2)cc1C(C)C. The first-order valence-corrected chi connectivity index (χ1v) is 6.75. The van der Waals surface area contributed by atoms with E-state index in [1.54, 1.807) is 7.11 Å². The Labute approximate surface area is 114 Å². The van der Waals surface area contributed by atoms with Crippen molar-refractivity contribution in [3.05, 3.63) is 23.8 Å². The van der Waals surface area contributed by atoms with Crippen LogP contribution in [0.5, 0.6) is 5.75 Å². The standard InChI is InChI=1S/C15H22N2O2/c1-9(2)13-8-12(4-5-14(13)19-3)17-15(18)10-6-11(16)7-10/h4-5,8-11H,6-7,16H2,1-3H3,(H,17,18). The van der Waals surface area contributed by atoms with Gasteiger partial charge in [0.05, 0.1) is 7.11 Å². The van der Waals surface area contributed by atoms with Gasteiger partial charge in [-0.05, 0) is 42.5 Å². The maximum absolute atomic E-state index is 12.0. The molecular weight excluding hydrogens is 240 g/mol. The Balaban J connectivity index is 2.08. The van der Waals surface area contributed by atoms with E-state index in [0.29, 0.717) is 5.92 Å². The average molecular weight is 262 g/mol. The fourth-order valence-corrected chi connectivity index (χ4v) is 2.38. The molecule has 1 aliphatic rings. The molecule has 0 unspecified atom stereocenters. The maximum Gasteiger partial charge on any atom is 0.227 e. The van der Waals surface area contributed by atoms with Crippen molar-refractivity contribution in [1.82, 2.24) is 0 Å². The summed E-state index contributed by atoms with van der Waals surface area (Å²) >= 11 is 0. The van der Waals surface area contributed by atoms with Gasteiger partial charge in [-0.1, -0.05) is 13.8 Å². The van der Waals surface area contributed by atoms with E-state index in [4.69, 9.17) is 10.5 Å². The molecule has 0 heterocycles. The summed E-state index contributed by atoms with van der Waals surface area (Å²) in [7, 11) is 1.66. The molecule has 0 bridgehead atoms. The number of amides is 1. The van der Waals surface area contributed by atoms with Crippen LogP contribution < -0.4 is 15.8 Å². The molecule has 0 saturated heterocycles. The highest BCUT2D eigenvalue weighted by Crippen LogP contribution is 2.31. The quantitative estimate of drug-likeness (QED) is 0.876. The number of nitrogens with one attached hydrogen (secondary N) is 1. The maximum atomic E-state index is 12.0. The summed E-state index contributed by atoms with van der Waals surface area (Å²) in [5, 5.41) is 2.96. The minimum Gasteiger partial charge on any atom is -0.496 e. The van der Waals surface area contributed by atoms with E-state index in [1.165, 1.54) is 0 Å². The monoisotopic (exact) mass is 262 g/mol. The first-order chi connectivity index (χ1) is 9.01. The molecule has 1 saturated carbocycles. The number of anilines is 1. The van der Waals surface area contributed by atoms with Gasteiger partial charge in [0.2, 0.25) is 5.91 Å². The van der Waals surface area contributed by atoms with Gasteiger partial charge in [0.15, 0.2) is 0 Å². The molecule has 2 rings (SSSR count). The Hall–Kier alpha value is -1.55. The van der Waals surface area contributed by atoms with Crippen molar-refractivity contribution in [3.63, 3.8) is 0 Å². The van der Waals surface area contributed by atoms with E-state index < -0.39 is 0 Å². The molecule has 1 fully saturated rings. The summed E-state index contributed by atoms with van der Waals surface area (Å²) in [6, 6.07) is 5.96. The topological polar surface area (TPSA) is 64.3 Å². The third-order valence-corrected chi connectivity index (χ3v) is 3.66. The van der Waals surface area contributed by atoms with Crippen molar-refractivity contribution < 1.29 is 9.53 Å². The van der Waals surface area contributed by atoms with E-state index in [9.17, 15) is 4.79 Å². The number of carbonyl (C=O) groups is 1. The van der Waals surface area contributed by atoms with Gasteiger partial charge in [0, 0.05) is 17.6 Å². The van der Waals surface area contributed by atoms with E-state index in [2.05, 4.69) is 19.2 Å². The van der Waals surface area contributed by atoms with Gasteiger partial charge in [-0.15, -0.1) is 0 Å². The van der Waals surface area contributed by atoms with Crippen LogP contribution >= 0.6 is 0 Å². The van der Waals surface area contributed by atoms with Crippen molar-refractivity contribution in [3.8, 4) is 5.75 Å². The second-order valence-corrected chi connectivity index (χ2v) is 5.53. The Morgan fingerprint density at radius 2 is 2.11 bits per heavy atom. The number of rotatable bonds is 4. The van der Waals surface area contributed by atoms with Crippen LogP contribution in [0.15, 0.2) is 18.2 Å². The predicted molar refractivity (Wildman–Crippen MR) is 76.4 cm³/mol. The van der Waals surface area contributed by atoms with Crippen LogP contribution in [-0.4, -0.2) is 19.1 Å². The van der Waals surface area contributed by atoms with Crippen LogP contribution in [0.3, 0.4) is 0 Å². The van der Waals surface area contributed by atoms with Crippen LogP contribution in [-0.2, 0) is 4.79 Å². The number of carbonyl (C=O) groups excluding carboxylic acids is 1. The van der Waals surface area contributed by atoms with Gasteiger partial charge in [-0.2, -0.15) is 0 Å². The van der Waals surface area contributed by atoms with Crippen molar-refractivity contribution >= 4 is 11.6 Å². The highest BCUT2D eigenvalue weighted by molar-refractivity contribution is 5.93. The smallest absolute Gasteiger partial charge is 0.227 e. The number of benzene rings is 1. The van der Waals surface area contributed by atoms with Crippen LogP contribution in [0.25, 0.3) is 0 Å². The van der Waals surface area contributed by atoms with E-state index in [-0.39, 0.29) is 17.9 Å². The lowest BCUT2D eigenvalue weighted by Gasteiger charge is -2.31. The molecule has 1 amide bonds. The molecule has 0 aliphatic heterocycles. The fourth-order valence-electron chi connectivity index (χ4n) is 2.38. The minimum absolute atomic E-state index is 0.0691. The number of nitrogens with two attached hydrogens (primary N) is 1. The molecule has 0 atom stereocenters. The molecule has 19 heavy (non-hydrogen) atoms. The van der Waals surface area contributed by atoms with E-state index >= 15 is 0 Å².